The number of anilines is 1. The molecule has 0 unspecified atom stereocenters. The summed E-state index contributed by atoms with van der Waals surface area (Å²) >= 11 is 11.9. The van der Waals surface area contributed by atoms with Gasteiger partial charge in [-0.25, -0.2) is 0 Å². The molecular weight excluding hydrogens is 323 g/mol. The third-order valence-electron chi connectivity index (χ3n) is 3.14. The molecule has 0 aliphatic carbocycles. The van der Waals surface area contributed by atoms with E-state index in [2.05, 4.69) is 5.32 Å². The average Bonchev–Trinajstić information content (AvgIpc) is 2.47. The number of pyridine rings is 1. The zero-order valence-corrected chi connectivity index (χ0v) is 13.8. The van der Waals surface area contributed by atoms with Crippen LogP contribution in [0.25, 0.3) is 0 Å². The van der Waals surface area contributed by atoms with Crippen molar-refractivity contribution in [2.75, 3.05) is 5.32 Å². The van der Waals surface area contributed by atoms with Crippen molar-refractivity contribution < 1.29 is 4.79 Å². The van der Waals surface area contributed by atoms with Crippen molar-refractivity contribution in [3.8, 4) is 0 Å². The maximum absolute atomic E-state index is 12.4. The number of hydrogen-bond acceptors (Lipinski definition) is 2. The van der Waals surface area contributed by atoms with Crippen molar-refractivity contribution in [3.63, 3.8) is 0 Å². The van der Waals surface area contributed by atoms with Crippen LogP contribution in [0.1, 0.15) is 19.4 Å². The maximum atomic E-state index is 12.4. The van der Waals surface area contributed by atoms with Gasteiger partial charge in [-0.2, -0.15) is 0 Å². The van der Waals surface area contributed by atoms with E-state index in [1.54, 1.807) is 50.4 Å². The summed E-state index contributed by atoms with van der Waals surface area (Å²) in [5.41, 5.74) is 0.854. The van der Waals surface area contributed by atoms with Crippen LogP contribution in [-0.4, -0.2) is 10.5 Å². The first-order chi connectivity index (χ1) is 10.4. The zero-order valence-electron chi connectivity index (χ0n) is 12.3. The van der Waals surface area contributed by atoms with Crippen molar-refractivity contribution in [1.82, 2.24) is 4.57 Å². The quantitative estimate of drug-likeness (QED) is 0.921. The standard InChI is InChI=1S/C16H16Cl2N2O2/c1-10(2)15(21)19-14-4-3-7-20(16(14)22)9-11-5-6-12(17)13(18)8-11/h3-8,10H,9H2,1-2H3,(H,19,21). The molecule has 1 N–H and O–H groups in total. The first-order valence-corrected chi connectivity index (χ1v) is 7.58. The molecule has 1 heterocycles. The molecule has 0 saturated heterocycles. The van der Waals surface area contributed by atoms with E-state index in [9.17, 15) is 9.59 Å². The minimum Gasteiger partial charge on any atom is -0.321 e. The number of carbonyl (C=O) groups is 1. The summed E-state index contributed by atoms with van der Waals surface area (Å²) in [5, 5.41) is 3.55. The Hall–Kier alpha value is -1.78. The van der Waals surface area contributed by atoms with Crippen LogP contribution in [0.2, 0.25) is 10.0 Å². The molecule has 2 rings (SSSR count). The van der Waals surface area contributed by atoms with E-state index in [0.29, 0.717) is 16.6 Å². The molecular formula is C16H16Cl2N2O2. The van der Waals surface area contributed by atoms with Crippen LogP contribution in [0.5, 0.6) is 0 Å². The Morgan fingerprint density at radius 2 is 1.95 bits per heavy atom. The van der Waals surface area contributed by atoms with Crippen molar-refractivity contribution in [2.45, 2.75) is 20.4 Å². The van der Waals surface area contributed by atoms with E-state index in [0.717, 1.165) is 5.56 Å². The summed E-state index contributed by atoms with van der Waals surface area (Å²) < 4.78 is 1.51. The minimum absolute atomic E-state index is 0.190. The molecule has 0 fully saturated rings. The first-order valence-electron chi connectivity index (χ1n) is 6.82. The number of rotatable bonds is 4. The second-order valence-electron chi connectivity index (χ2n) is 5.25. The van der Waals surface area contributed by atoms with Crippen molar-refractivity contribution in [1.29, 1.82) is 0 Å². The molecule has 1 aromatic carbocycles. The number of amides is 1. The molecule has 0 aliphatic heterocycles. The molecule has 0 saturated carbocycles. The third kappa shape index (κ3) is 3.90. The van der Waals surface area contributed by atoms with E-state index in [4.69, 9.17) is 23.2 Å². The van der Waals surface area contributed by atoms with Gasteiger partial charge in [0.15, 0.2) is 0 Å². The number of aromatic nitrogens is 1. The smallest absolute Gasteiger partial charge is 0.274 e. The van der Waals surface area contributed by atoms with Gasteiger partial charge >= 0.3 is 0 Å². The van der Waals surface area contributed by atoms with E-state index in [1.807, 2.05) is 0 Å². The van der Waals surface area contributed by atoms with Gasteiger partial charge in [-0.3, -0.25) is 9.59 Å². The largest absolute Gasteiger partial charge is 0.321 e. The Morgan fingerprint density at radius 3 is 2.59 bits per heavy atom. The van der Waals surface area contributed by atoms with Crippen molar-refractivity contribution in [2.24, 2.45) is 5.92 Å². The van der Waals surface area contributed by atoms with Gasteiger partial charge in [0, 0.05) is 12.1 Å². The fourth-order valence-electron chi connectivity index (χ4n) is 1.87. The van der Waals surface area contributed by atoms with Crippen LogP contribution in [0.3, 0.4) is 0 Å². The number of hydrogen-bond donors (Lipinski definition) is 1. The predicted molar refractivity (Wildman–Crippen MR) is 89.7 cm³/mol. The van der Waals surface area contributed by atoms with Gasteiger partial charge in [0.25, 0.3) is 5.56 Å². The lowest BCUT2D eigenvalue weighted by Gasteiger charge is -2.11. The molecule has 1 amide bonds. The Balaban J connectivity index is 2.27. The van der Waals surface area contributed by atoms with E-state index in [-0.39, 0.29) is 23.1 Å². The third-order valence-corrected chi connectivity index (χ3v) is 3.88. The Labute approximate surface area is 138 Å². The molecule has 0 radical (unpaired) electrons. The molecule has 0 spiro atoms. The number of halogens is 2. The Morgan fingerprint density at radius 1 is 1.23 bits per heavy atom. The van der Waals surface area contributed by atoms with E-state index < -0.39 is 0 Å². The monoisotopic (exact) mass is 338 g/mol. The number of nitrogens with zero attached hydrogens (tertiary/aromatic N) is 1. The molecule has 116 valence electrons. The molecule has 0 atom stereocenters. The molecule has 1 aromatic heterocycles. The van der Waals surface area contributed by atoms with Gasteiger partial charge in [-0.1, -0.05) is 43.1 Å². The number of benzene rings is 1. The lowest BCUT2D eigenvalue weighted by atomic mass is 10.2. The highest BCUT2D eigenvalue weighted by atomic mass is 35.5. The summed E-state index contributed by atoms with van der Waals surface area (Å²) in [6.45, 7) is 3.89. The maximum Gasteiger partial charge on any atom is 0.274 e. The topological polar surface area (TPSA) is 51.1 Å². The van der Waals surface area contributed by atoms with Gasteiger partial charge in [0.05, 0.1) is 16.6 Å². The second kappa shape index (κ2) is 6.99. The van der Waals surface area contributed by atoms with E-state index in [1.165, 1.54) is 4.57 Å². The highest BCUT2D eigenvalue weighted by Crippen LogP contribution is 2.22. The highest BCUT2D eigenvalue weighted by molar-refractivity contribution is 6.42. The van der Waals surface area contributed by atoms with Crippen LogP contribution in [-0.2, 0) is 11.3 Å². The van der Waals surface area contributed by atoms with Gasteiger partial charge in [0.1, 0.15) is 5.69 Å². The first kappa shape index (κ1) is 16.6. The van der Waals surface area contributed by atoms with Crippen molar-refractivity contribution >= 4 is 34.8 Å². The summed E-state index contributed by atoms with van der Waals surface area (Å²) in [7, 11) is 0. The van der Waals surface area contributed by atoms with Crippen molar-refractivity contribution in [3.05, 3.63) is 62.5 Å². The average molecular weight is 339 g/mol. The van der Waals surface area contributed by atoms with Crippen LogP contribution in [0, 0.1) is 5.92 Å². The summed E-state index contributed by atoms with van der Waals surface area (Å²) in [6, 6.07) is 8.52. The Bertz CT molecular complexity index is 754. The normalized spacial score (nSPS) is 10.8. The predicted octanol–water partition coefficient (Wildman–Crippen LogP) is 3.80. The molecule has 4 nitrogen and oxygen atoms in total. The Kier molecular flexibility index (Phi) is 5.27. The van der Waals surface area contributed by atoms with Gasteiger partial charge in [0.2, 0.25) is 5.91 Å². The minimum atomic E-state index is -0.262. The summed E-state index contributed by atoms with van der Waals surface area (Å²) in [4.78, 5) is 24.1. The summed E-state index contributed by atoms with van der Waals surface area (Å²) in [6.07, 6.45) is 1.66. The molecule has 2 aromatic rings. The van der Waals surface area contributed by atoms with Crippen LogP contribution in [0.15, 0.2) is 41.3 Å². The highest BCUT2D eigenvalue weighted by Gasteiger charge is 2.11. The SMILES string of the molecule is CC(C)C(=O)Nc1cccn(Cc2ccc(Cl)c(Cl)c2)c1=O. The van der Waals surface area contributed by atoms with Crippen LogP contribution in [0.4, 0.5) is 5.69 Å². The lowest BCUT2D eigenvalue weighted by molar-refractivity contribution is -0.118. The number of carbonyl (C=O) groups excluding carboxylic acids is 1. The number of nitrogens with one attached hydrogen (secondary N) is 1. The van der Waals surface area contributed by atoms with Gasteiger partial charge in [-0.15, -0.1) is 0 Å². The zero-order chi connectivity index (χ0) is 16.3. The molecule has 0 aliphatic rings. The van der Waals surface area contributed by atoms with Gasteiger partial charge < -0.3 is 9.88 Å². The fourth-order valence-corrected chi connectivity index (χ4v) is 2.19. The van der Waals surface area contributed by atoms with Crippen LogP contribution < -0.4 is 10.9 Å². The van der Waals surface area contributed by atoms with Gasteiger partial charge in [-0.05, 0) is 29.8 Å². The molecule has 0 bridgehead atoms. The second-order valence-corrected chi connectivity index (χ2v) is 6.06. The molecule has 6 heteroatoms. The van der Waals surface area contributed by atoms with E-state index >= 15 is 0 Å². The van der Waals surface area contributed by atoms with Crippen LogP contribution >= 0.6 is 23.2 Å². The molecule has 22 heavy (non-hydrogen) atoms. The fraction of sp³-hybridized carbons (Fsp3) is 0.250. The lowest BCUT2D eigenvalue weighted by Crippen LogP contribution is -2.27. The summed E-state index contributed by atoms with van der Waals surface area (Å²) in [5.74, 6) is -0.382.